The summed E-state index contributed by atoms with van der Waals surface area (Å²) in [5.41, 5.74) is 3.28. The number of nitrogens with one attached hydrogen (secondary N) is 1. The monoisotopic (exact) mass is 481 g/mol. The molecule has 2 heterocycles. The summed E-state index contributed by atoms with van der Waals surface area (Å²) in [7, 11) is 1.31. The van der Waals surface area contributed by atoms with E-state index in [1.165, 1.54) is 7.11 Å². The lowest BCUT2D eigenvalue weighted by Crippen LogP contribution is -2.13. The number of anilines is 1. The second kappa shape index (κ2) is 8.33. The molecule has 4 rings (SSSR count). The normalized spacial score (nSPS) is 10.8. The van der Waals surface area contributed by atoms with E-state index in [1.807, 2.05) is 48.5 Å². The highest BCUT2D eigenvalue weighted by Crippen LogP contribution is 2.28. The maximum Gasteiger partial charge on any atom is 0.350 e. The Balaban J connectivity index is 1.76. The molecular formula is C22H16BrN3O3S. The van der Waals surface area contributed by atoms with Crippen LogP contribution in [0.1, 0.15) is 25.7 Å². The molecule has 0 radical (unpaired) electrons. The van der Waals surface area contributed by atoms with Crippen LogP contribution in [0.3, 0.4) is 0 Å². The summed E-state index contributed by atoms with van der Waals surface area (Å²) in [6.07, 6.45) is 0. The maximum absolute atomic E-state index is 13.1. The number of aryl methyl sites for hydroxylation is 1. The molecule has 0 spiro atoms. The number of carbonyl (C=O) groups is 2. The van der Waals surface area contributed by atoms with Gasteiger partial charge in [0.1, 0.15) is 4.88 Å². The summed E-state index contributed by atoms with van der Waals surface area (Å²) in [5, 5.41) is 3.87. The molecule has 0 saturated heterocycles. The molecule has 30 heavy (non-hydrogen) atoms. The Morgan fingerprint density at radius 2 is 1.87 bits per heavy atom. The van der Waals surface area contributed by atoms with E-state index in [2.05, 4.69) is 26.2 Å². The zero-order valence-corrected chi connectivity index (χ0v) is 18.5. The standard InChI is InChI=1S/C22H16BrN3O3S/c1-12-19(21(28)29-2)30-22(24-12)26-20(27)16-11-18(13-6-5-7-14(23)10-13)25-17-9-4-3-8-15(16)17/h3-11H,1-2H3,(H,24,26,27). The van der Waals surface area contributed by atoms with Gasteiger partial charge in [-0.3, -0.25) is 10.1 Å². The smallest absolute Gasteiger partial charge is 0.350 e. The van der Waals surface area contributed by atoms with Crippen LogP contribution in [0.4, 0.5) is 5.13 Å². The van der Waals surface area contributed by atoms with Crippen molar-refractivity contribution < 1.29 is 14.3 Å². The van der Waals surface area contributed by atoms with Crippen LogP contribution in [0.15, 0.2) is 59.1 Å². The number of aromatic nitrogens is 2. The predicted octanol–water partition coefficient (Wildman–Crippen LogP) is 5.47. The topological polar surface area (TPSA) is 81.2 Å². The van der Waals surface area contributed by atoms with Crippen LogP contribution in [0.25, 0.3) is 22.2 Å². The number of nitrogens with zero attached hydrogens (tertiary/aromatic N) is 2. The van der Waals surface area contributed by atoms with Gasteiger partial charge < -0.3 is 4.74 Å². The zero-order chi connectivity index (χ0) is 21.3. The van der Waals surface area contributed by atoms with Gasteiger partial charge in [0.15, 0.2) is 5.13 Å². The van der Waals surface area contributed by atoms with E-state index in [4.69, 9.17) is 9.72 Å². The SMILES string of the molecule is COC(=O)c1sc(NC(=O)c2cc(-c3cccc(Br)c3)nc3ccccc23)nc1C. The number of fused-ring (bicyclic) bond motifs is 1. The minimum Gasteiger partial charge on any atom is -0.465 e. The quantitative estimate of drug-likeness (QED) is 0.391. The highest BCUT2D eigenvalue weighted by atomic mass is 79.9. The first-order chi connectivity index (χ1) is 14.5. The number of hydrogen-bond donors (Lipinski definition) is 1. The van der Waals surface area contributed by atoms with Gasteiger partial charge >= 0.3 is 5.97 Å². The second-order valence-corrected chi connectivity index (χ2v) is 8.38. The molecule has 0 saturated carbocycles. The fourth-order valence-corrected chi connectivity index (χ4v) is 4.33. The van der Waals surface area contributed by atoms with E-state index in [9.17, 15) is 9.59 Å². The highest BCUT2D eigenvalue weighted by Gasteiger charge is 2.19. The summed E-state index contributed by atoms with van der Waals surface area (Å²) in [5.74, 6) is -0.799. The molecule has 1 N–H and O–H groups in total. The number of methoxy groups -OCH3 is 1. The van der Waals surface area contributed by atoms with Crippen molar-refractivity contribution in [1.82, 2.24) is 9.97 Å². The number of carbonyl (C=O) groups excluding carboxylic acids is 2. The third-order valence-electron chi connectivity index (χ3n) is 4.47. The number of para-hydroxylation sites is 1. The summed E-state index contributed by atoms with van der Waals surface area (Å²) >= 11 is 4.56. The van der Waals surface area contributed by atoms with Crippen molar-refractivity contribution in [3.8, 4) is 11.3 Å². The summed E-state index contributed by atoms with van der Waals surface area (Å²) in [6, 6.07) is 17.0. The maximum atomic E-state index is 13.1. The number of amides is 1. The Hall–Kier alpha value is -3.10. The van der Waals surface area contributed by atoms with Gasteiger partial charge in [-0.05, 0) is 31.2 Å². The molecule has 150 valence electrons. The van der Waals surface area contributed by atoms with Crippen molar-refractivity contribution in [2.45, 2.75) is 6.92 Å². The van der Waals surface area contributed by atoms with Crippen molar-refractivity contribution in [3.63, 3.8) is 0 Å². The molecule has 0 aliphatic carbocycles. The fraction of sp³-hybridized carbons (Fsp3) is 0.0909. The van der Waals surface area contributed by atoms with Crippen LogP contribution in [0.2, 0.25) is 0 Å². The Morgan fingerprint density at radius 3 is 2.63 bits per heavy atom. The van der Waals surface area contributed by atoms with Crippen molar-refractivity contribution >= 4 is 55.2 Å². The van der Waals surface area contributed by atoms with Crippen molar-refractivity contribution in [3.05, 3.63) is 75.2 Å². The number of hydrogen-bond acceptors (Lipinski definition) is 6. The van der Waals surface area contributed by atoms with Crippen LogP contribution < -0.4 is 5.32 Å². The summed E-state index contributed by atoms with van der Waals surface area (Å²) in [4.78, 5) is 34.3. The number of benzene rings is 2. The number of thiazole rings is 1. The zero-order valence-electron chi connectivity index (χ0n) is 16.1. The van der Waals surface area contributed by atoms with E-state index < -0.39 is 5.97 Å². The highest BCUT2D eigenvalue weighted by molar-refractivity contribution is 9.10. The van der Waals surface area contributed by atoms with Gasteiger partial charge in [0.25, 0.3) is 5.91 Å². The van der Waals surface area contributed by atoms with Crippen molar-refractivity contribution in [2.24, 2.45) is 0 Å². The lowest BCUT2D eigenvalue weighted by molar-refractivity contribution is 0.0605. The van der Waals surface area contributed by atoms with E-state index in [0.29, 0.717) is 32.5 Å². The number of pyridine rings is 1. The van der Waals surface area contributed by atoms with Gasteiger partial charge in [-0.15, -0.1) is 0 Å². The van der Waals surface area contributed by atoms with Crippen LogP contribution in [-0.2, 0) is 4.74 Å². The first-order valence-electron chi connectivity index (χ1n) is 8.99. The molecule has 8 heteroatoms. The molecule has 6 nitrogen and oxygen atoms in total. The Kier molecular flexibility index (Phi) is 5.61. The first kappa shape index (κ1) is 20.2. The van der Waals surface area contributed by atoms with Gasteiger partial charge in [-0.25, -0.2) is 14.8 Å². The average Bonchev–Trinajstić information content (AvgIpc) is 3.12. The van der Waals surface area contributed by atoms with E-state index in [0.717, 1.165) is 26.8 Å². The number of rotatable bonds is 4. The third kappa shape index (κ3) is 3.96. The van der Waals surface area contributed by atoms with Crippen LogP contribution in [0.5, 0.6) is 0 Å². The van der Waals surface area contributed by atoms with Gasteiger partial charge in [0.05, 0.1) is 29.6 Å². The fourth-order valence-electron chi connectivity index (χ4n) is 3.06. The van der Waals surface area contributed by atoms with Crippen molar-refractivity contribution in [1.29, 1.82) is 0 Å². The molecule has 2 aromatic carbocycles. The molecule has 1 amide bonds. The van der Waals surface area contributed by atoms with E-state index in [-0.39, 0.29) is 5.91 Å². The van der Waals surface area contributed by atoms with Crippen LogP contribution in [-0.4, -0.2) is 29.0 Å². The Bertz CT molecular complexity index is 1290. The molecular weight excluding hydrogens is 466 g/mol. The largest absolute Gasteiger partial charge is 0.465 e. The summed E-state index contributed by atoms with van der Waals surface area (Å²) in [6.45, 7) is 1.70. The molecule has 0 unspecified atom stereocenters. The third-order valence-corrected chi connectivity index (χ3v) is 6.02. The Labute approximate surface area is 185 Å². The van der Waals surface area contributed by atoms with Crippen molar-refractivity contribution in [2.75, 3.05) is 12.4 Å². The van der Waals surface area contributed by atoms with E-state index in [1.54, 1.807) is 13.0 Å². The molecule has 2 aromatic heterocycles. The number of ether oxygens (including phenoxy) is 1. The molecule has 0 bridgehead atoms. The number of halogens is 1. The van der Waals surface area contributed by atoms with Gasteiger partial charge in [-0.2, -0.15) is 0 Å². The molecule has 0 aliphatic rings. The predicted molar refractivity (Wildman–Crippen MR) is 121 cm³/mol. The molecule has 0 fully saturated rings. The molecule has 4 aromatic rings. The molecule has 0 aliphatic heterocycles. The first-order valence-corrected chi connectivity index (χ1v) is 10.6. The van der Waals surface area contributed by atoms with Gasteiger partial charge in [0, 0.05) is 15.4 Å². The van der Waals surface area contributed by atoms with E-state index >= 15 is 0 Å². The lowest BCUT2D eigenvalue weighted by atomic mass is 10.0. The number of esters is 1. The summed E-state index contributed by atoms with van der Waals surface area (Å²) < 4.78 is 5.68. The second-order valence-electron chi connectivity index (χ2n) is 6.46. The average molecular weight is 482 g/mol. The van der Waals surface area contributed by atoms with Crippen LogP contribution in [0, 0.1) is 6.92 Å². The lowest BCUT2D eigenvalue weighted by Gasteiger charge is -2.10. The van der Waals surface area contributed by atoms with Gasteiger partial charge in [-0.1, -0.05) is 57.6 Å². The molecule has 0 atom stereocenters. The minimum absolute atomic E-state index is 0.324. The van der Waals surface area contributed by atoms with Crippen LogP contribution >= 0.6 is 27.3 Å². The van der Waals surface area contributed by atoms with Gasteiger partial charge in [0.2, 0.25) is 0 Å². The Morgan fingerprint density at radius 1 is 1.07 bits per heavy atom. The minimum atomic E-state index is -0.475.